The SMILES string of the molecule is CCCCC/C=C\C/C=C\CCCCCCCCCCCC(=O)OCC(COP(=O)(O)OCCN)OC(=O)CCCCCCCCCCCCCCCCC/C=C\C/C=C\CCCCCCC. The number of phosphoric ester groups is 1. The third-order valence-electron chi connectivity index (χ3n) is 12.2. The molecule has 0 saturated carbocycles. The van der Waals surface area contributed by atoms with Crippen molar-refractivity contribution >= 4 is 19.8 Å². The zero-order chi connectivity index (χ0) is 48.8. The number of hydrogen-bond acceptors (Lipinski definition) is 8. The molecule has 0 aliphatic carbocycles. The van der Waals surface area contributed by atoms with Crippen LogP contribution < -0.4 is 5.73 Å². The van der Waals surface area contributed by atoms with Crippen molar-refractivity contribution in [1.29, 1.82) is 0 Å². The van der Waals surface area contributed by atoms with Crippen LogP contribution in [-0.2, 0) is 32.7 Å². The van der Waals surface area contributed by atoms with E-state index in [1.807, 2.05) is 0 Å². The summed E-state index contributed by atoms with van der Waals surface area (Å²) in [5.74, 6) is -0.824. The van der Waals surface area contributed by atoms with Gasteiger partial charge in [-0.2, -0.15) is 0 Å². The first-order valence-electron chi connectivity index (χ1n) is 28.1. The molecule has 0 radical (unpaired) electrons. The summed E-state index contributed by atoms with van der Waals surface area (Å²) in [5, 5.41) is 0. The lowest BCUT2D eigenvalue weighted by Gasteiger charge is -2.19. The molecular formula is C57H106NO8P. The Morgan fingerprint density at radius 3 is 1.16 bits per heavy atom. The number of carbonyl (C=O) groups excluding carboxylic acids is 2. The van der Waals surface area contributed by atoms with Crippen molar-refractivity contribution in [3.05, 3.63) is 48.6 Å². The standard InChI is InChI=1S/C57H106NO8P/c1-3-5-7-9-11-13-15-17-19-21-23-24-25-26-27-28-29-30-32-34-36-38-40-42-44-46-48-50-57(60)66-55(54-65-67(61,62)64-52-51-58)53-63-56(59)49-47-45-43-41-39-37-35-33-31-22-20-18-16-14-12-10-8-6-4-2/h12,14-15,17-18,20-21,23,55H,3-11,13,16,19,22,24-54,58H2,1-2H3,(H,61,62)/b14-12-,17-15-,20-18-,23-21-. The predicted octanol–water partition coefficient (Wildman–Crippen LogP) is 17.4. The van der Waals surface area contributed by atoms with Crippen LogP contribution >= 0.6 is 7.82 Å². The molecule has 2 unspecified atom stereocenters. The Morgan fingerprint density at radius 2 is 0.776 bits per heavy atom. The van der Waals surface area contributed by atoms with Gasteiger partial charge in [-0.1, -0.05) is 229 Å². The number of phosphoric acid groups is 1. The van der Waals surface area contributed by atoms with Crippen molar-refractivity contribution in [2.75, 3.05) is 26.4 Å². The average Bonchev–Trinajstić information content (AvgIpc) is 3.32. The maximum absolute atomic E-state index is 12.7. The number of nitrogens with two attached hydrogens (primary N) is 1. The molecular weight excluding hydrogens is 858 g/mol. The third kappa shape index (κ3) is 53.2. The second-order valence-corrected chi connectivity index (χ2v) is 20.3. The van der Waals surface area contributed by atoms with E-state index in [1.54, 1.807) is 0 Å². The van der Waals surface area contributed by atoms with Crippen LogP contribution in [-0.4, -0.2) is 49.3 Å². The molecule has 0 saturated heterocycles. The van der Waals surface area contributed by atoms with Crippen molar-refractivity contribution < 1.29 is 37.6 Å². The van der Waals surface area contributed by atoms with Gasteiger partial charge in [0.25, 0.3) is 0 Å². The van der Waals surface area contributed by atoms with E-state index in [9.17, 15) is 19.0 Å². The van der Waals surface area contributed by atoms with Crippen molar-refractivity contribution in [2.45, 2.75) is 277 Å². The highest BCUT2D eigenvalue weighted by atomic mass is 31.2. The number of ether oxygens (including phenoxy) is 2. The second-order valence-electron chi connectivity index (χ2n) is 18.8. The number of unbranched alkanes of at least 4 members (excludes halogenated alkanes) is 32. The first kappa shape index (κ1) is 65.0. The lowest BCUT2D eigenvalue weighted by Crippen LogP contribution is -2.29. The number of allylic oxidation sites excluding steroid dienone is 8. The van der Waals surface area contributed by atoms with Crippen LogP contribution in [0.1, 0.15) is 271 Å². The molecule has 2 atom stereocenters. The molecule has 0 spiro atoms. The zero-order valence-corrected chi connectivity index (χ0v) is 44.5. The van der Waals surface area contributed by atoms with E-state index in [0.717, 1.165) is 51.4 Å². The van der Waals surface area contributed by atoms with Gasteiger partial charge in [-0.15, -0.1) is 0 Å². The normalized spacial score (nSPS) is 13.4. The molecule has 0 bridgehead atoms. The highest BCUT2D eigenvalue weighted by molar-refractivity contribution is 7.47. The minimum Gasteiger partial charge on any atom is -0.462 e. The fourth-order valence-electron chi connectivity index (χ4n) is 7.99. The average molecular weight is 964 g/mol. The van der Waals surface area contributed by atoms with Crippen LogP contribution in [0.2, 0.25) is 0 Å². The van der Waals surface area contributed by atoms with Gasteiger partial charge >= 0.3 is 19.8 Å². The maximum Gasteiger partial charge on any atom is 0.472 e. The first-order chi connectivity index (χ1) is 32.8. The van der Waals surface area contributed by atoms with E-state index in [2.05, 4.69) is 62.5 Å². The molecule has 0 amide bonds. The van der Waals surface area contributed by atoms with Gasteiger partial charge in [0.2, 0.25) is 0 Å². The molecule has 3 N–H and O–H groups in total. The molecule has 10 heteroatoms. The predicted molar refractivity (Wildman–Crippen MR) is 284 cm³/mol. The Kier molecular flexibility index (Phi) is 51.7. The van der Waals surface area contributed by atoms with Crippen molar-refractivity contribution in [3.63, 3.8) is 0 Å². The van der Waals surface area contributed by atoms with Crippen molar-refractivity contribution in [2.24, 2.45) is 5.73 Å². The topological polar surface area (TPSA) is 134 Å². The Balaban J connectivity index is 3.96. The lowest BCUT2D eigenvalue weighted by atomic mass is 10.0. The van der Waals surface area contributed by atoms with Gasteiger partial charge < -0.3 is 20.1 Å². The maximum atomic E-state index is 12.7. The fourth-order valence-corrected chi connectivity index (χ4v) is 8.76. The molecule has 9 nitrogen and oxygen atoms in total. The Bertz CT molecular complexity index is 1240. The van der Waals surface area contributed by atoms with Gasteiger partial charge in [-0.05, 0) is 77.0 Å². The summed E-state index contributed by atoms with van der Waals surface area (Å²) in [6.07, 6.45) is 64.4. The van der Waals surface area contributed by atoms with Gasteiger partial charge in [-0.25, -0.2) is 4.57 Å². The monoisotopic (exact) mass is 964 g/mol. The smallest absolute Gasteiger partial charge is 0.462 e. The molecule has 0 rings (SSSR count). The number of rotatable bonds is 53. The van der Waals surface area contributed by atoms with Crippen LogP contribution in [0.15, 0.2) is 48.6 Å². The summed E-state index contributed by atoms with van der Waals surface area (Å²) < 4.78 is 33.0. The van der Waals surface area contributed by atoms with E-state index < -0.39 is 26.5 Å². The summed E-state index contributed by atoms with van der Waals surface area (Å²) in [6.45, 7) is 3.73. The molecule has 0 aromatic heterocycles. The lowest BCUT2D eigenvalue weighted by molar-refractivity contribution is -0.161. The van der Waals surface area contributed by atoms with Crippen LogP contribution in [0, 0.1) is 0 Å². The highest BCUT2D eigenvalue weighted by Crippen LogP contribution is 2.43. The summed E-state index contributed by atoms with van der Waals surface area (Å²) in [7, 11) is -4.39. The molecule has 0 fully saturated rings. The summed E-state index contributed by atoms with van der Waals surface area (Å²) in [6, 6.07) is 0. The quantitative estimate of drug-likeness (QED) is 0.0264. The van der Waals surface area contributed by atoms with Gasteiger partial charge in [0.05, 0.1) is 13.2 Å². The van der Waals surface area contributed by atoms with Crippen molar-refractivity contribution in [1.82, 2.24) is 0 Å². The first-order valence-corrected chi connectivity index (χ1v) is 29.6. The van der Waals surface area contributed by atoms with Gasteiger partial charge in [-0.3, -0.25) is 18.6 Å². The summed E-state index contributed by atoms with van der Waals surface area (Å²) in [5.41, 5.74) is 5.38. The number of carbonyl (C=O) groups is 2. The second kappa shape index (κ2) is 53.3. The van der Waals surface area contributed by atoms with Crippen LogP contribution in [0.3, 0.4) is 0 Å². The Hall–Kier alpha value is -2.03. The Labute approximate surface area is 413 Å². The van der Waals surface area contributed by atoms with E-state index in [1.165, 1.54) is 186 Å². The molecule has 0 aromatic rings. The fraction of sp³-hybridized carbons (Fsp3) is 0.825. The minimum atomic E-state index is -4.39. The molecule has 0 aromatic carbocycles. The van der Waals surface area contributed by atoms with Crippen molar-refractivity contribution in [3.8, 4) is 0 Å². The zero-order valence-electron chi connectivity index (χ0n) is 43.6. The largest absolute Gasteiger partial charge is 0.472 e. The van der Waals surface area contributed by atoms with Gasteiger partial charge in [0.15, 0.2) is 6.10 Å². The molecule has 67 heavy (non-hydrogen) atoms. The van der Waals surface area contributed by atoms with E-state index >= 15 is 0 Å². The van der Waals surface area contributed by atoms with E-state index in [4.69, 9.17) is 24.3 Å². The van der Waals surface area contributed by atoms with Gasteiger partial charge in [0.1, 0.15) is 6.61 Å². The summed E-state index contributed by atoms with van der Waals surface area (Å²) in [4.78, 5) is 35.1. The number of esters is 2. The Morgan fingerprint density at radius 1 is 0.448 bits per heavy atom. The van der Waals surface area contributed by atoms with Crippen LogP contribution in [0.5, 0.6) is 0 Å². The summed E-state index contributed by atoms with van der Waals surface area (Å²) >= 11 is 0. The number of hydrogen-bond donors (Lipinski definition) is 2. The van der Waals surface area contributed by atoms with Crippen LogP contribution in [0.4, 0.5) is 0 Å². The van der Waals surface area contributed by atoms with Crippen LogP contribution in [0.25, 0.3) is 0 Å². The molecule has 0 aliphatic heterocycles. The highest BCUT2D eigenvalue weighted by Gasteiger charge is 2.26. The molecule has 0 heterocycles. The van der Waals surface area contributed by atoms with E-state index in [0.29, 0.717) is 6.42 Å². The third-order valence-corrected chi connectivity index (χ3v) is 13.2. The minimum absolute atomic E-state index is 0.0527. The van der Waals surface area contributed by atoms with E-state index in [-0.39, 0.29) is 38.6 Å². The van der Waals surface area contributed by atoms with Gasteiger partial charge in [0, 0.05) is 19.4 Å². The molecule has 0 aliphatic rings. The molecule has 392 valence electrons.